The van der Waals surface area contributed by atoms with Gasteiger partial charge in [-0.15, -0.1) is 0 Å². The minimum absolute atomic E-state index is 0.208. The molecule has 31 heavy (non-hydrogen) atoms. The highest BCUT2D eigenvalue weighted by atomic mass is 35.5. The molecule has 0 heterocycles. The first-order chi connectivity index (χ1) is 14.9. The van der Waals surface area contributed by atoms with Gasteiger partial charge in [0.2, 0.25) is 0 Å². The van der Waals surface area contributed by atoms with Gasteiger partial charge < -0.3 is 10.1 Å². The summed E-state index contributed by atoms with van der Waals surface area (Å²) in [5, 5.41) is 3.29. The topological polar surface area (TPSA) is 96.5 Å². The predicted molar refractivity (Wildman–Crippen MR) is 119 cm³/mol. The summed E-state index contributed by atoms with van der Waals surface area (Å²) in [7, 11) is 1.49. The van der Waals surface area contributed by atoms with E-state index < -0.39 is 17.7 Å². The Morgan fingerprint density at radius 3 is 2.06 bits per heavy atom. The van der Waals surface area contributed by atoms with Gasteiger partial charge in [-0.3, -0.25) is 25.2 Å². The van der Waals surface area contributed by atoms with Gasteiger partial charge >= 0.3 is 0 Å². The maximum atomic E-state index is 12.4. The van der Waals surface area contributed by atoms with Gasteiger partial charge in [0, 0.05) is 21.8 Å². The van der Waals surface area contributed by atoms with Crippen molar-refractivity contribution in [1.29, 1.82) is 0 Å². The number of hydrogen-bond donors (Lipinski definition) is 3. The summed E-state index contributed by atoms with van der Waals surface area (Å²) in [5.74, 6) is -1.00. The Balaban J connectivity index is 1.64. The van der Waals surface area contributed by atoms with Crippen LogP contribution in [0.15, 0.2) is 66.7 Å². The van der Waals surface area contributed by atoms with E-state index in [1.54, 1.807) is 42.5 Å². The summed E-state index contributed by atoms with van der Waals surface area (Å²) >= 11 is 11.9. The van der Waals surface area contributed by atoms with E-state index >= 15 is 0 Å². The molecule has 0 aliphatic rings. The number of rotatable bonds is 5. The highest BCUT2D eigenvalue weighted by Crippen LogP contribution is 2.22. The largest absolute Gasteiger partial charge is 0.497 e. The van der Waals surface area contributed by atoms with Crippen molar-refractivity contribution in [1.82, 2.24) is 10.9 Å². The molecule has 0 bridgehead atoms. The fourth-order valence-corrected chi connectivity index (χ4v) is 3.13. The molecule has 0 fully saturated rings. The fraction of sp³-hybridized carbons (Fsp3) is 0.0455. The van der Waals surface area contributed by atoms with Crippen molar-refractivity contribution in [3.05, 3.63) is 93.5 Å². The Labute approximate surface area is 188 Å². The third-order valence-electron chi connectivity index (χ3n) is 4.18. The van der Waals surface area contributed by atoms with E-state index in [4.69, 9.17) is 27.9 Å². The first-order valence-corrected chi connectivity index (χ1v) is 9.74. The molecule has 0 aliphatic heterocycles. The van der Waals surface area contributed by atoms with E-state index in [0.717, 1.165) is 0 Å². The van der Waals surface area contributed by atoms with Gasteiger partial charge in [-0.05, 0) is 54.6 Å². The third kappa shape index (κ3) is 5.75. The van der Waals surface area contributed by atoms with Crippen LogP contribution < -0.4 is 20.9 Å². The van der Waals surface area contributed by atoms with E-state index in [-0.39, 0.29) is 16.1 Å². The monoisotopic (exact) mass is 457 g/mol. The number of hydrazine groups is 1. The molecule has 9 heteroatoms. The van der Waals surface area contributed by atoms with E-state index in [1.165, 1.54) is 31.4 Å². The molecule has 7 nitrogen and oxygen atoms in total. The fourth-order valence-electron chi connectivity index (χ4n) is 2.63. The Hall–Kier alpha value is -3.55. The molecular formula is C22H17Cl2N3O4. The number of ether oxygens (including phenoxy) is 1. The van der Waals surface area contributed by atoms with Crippen molar-refractivity contribution < 1.29 is 19.1 Å². The molecule has 0 spiro atoms. The zero-order chi connectivity index (χ0) is 22.4. The van der Waals surface area contributed by atoms with Crippen LogP contribution in [0, 0.1) is 0 Å². The van der Waals surface area contributed by atoms with Crippen molar-refractivity contribution in [2.24, 2.45) is 0 Å². The molecule has 0 aliphatic carbocycles. The summed E-state index contributed by atoms with van der Waals surface area (Å²) in [4.78, 5) is 37.1. The lowest BCUT2D eigenvalue weighted by molar-refractivity contribution is 0.0846. The molecule has 0 saturated heterocycles. The number of carbonyl (C=O) groups is 3. The highest BCUT2D eigenvalue weighted by Gasteiger charge is 2.13. The summed E-state index contributed by atoms with van der Waals surface area (Å²) in [6, 6.07) is 17.2. The van der Waals surface area contributed by atoms with E-state index in [0.29, 0.717) is 22.0 Å². The average Bonchev–Trinajstić information content (AvgIpc) is 2.77. The number of carbonyl (C=O) groups excluding carboxylic acids is 3. The van der Waals surface area contributed by atoms with Gasteiger partial charge in [-0.1, -0.05) is 35.3 Å². The molecule has 3 aromatic carbocycles. The smallest absolute Gasteiger partial charge is 0.269 e. The molecule has 0 unspecified atom stereocenters. The van der Waals surface area contributed by atoms with E-state index in [2.05, 4.69) is 16.2 Å². The minimum Gasteiger partial charge on any atom is -0.497 e. The molecule has 3 rings (SSSR count). The summed E-state index contributed by atoms with van der Waals surface area (Å²) in [6.07, 6.45) is 0. The summed E-state index contributed by atoms with van der Waals surface area (Å²) in [5.41, 5.74) is 5.84. The predicted octanol–water partition coefficient (Wildman–Crippen LogP) is 4.33. The van der Waals surface area contributed by atoms with Gasteiger partial charge in [-0.2, -0.15) is 0 Å². The van der Waals surface area contributed by atoms with Crippen LogP contribution in [-0.2, 0) is 0 Å². The number of nitrogens with one attached hydrogen (secondary N) is 3. The van der Waals surface area contributed by atoms with Gasteiger partial charge in [0.05, 0.1) is 17.7 Å². The number of halogens is 2. The van der Waals surface area contributed by atoms with Crippen LogP contribution in [0.1, 0.15) is 31.1 Å². The van der Waals surface area contributed by atoms with Crippen molar-refractivity contribution in [3.8, 4) is 5.75 Å². The maximum absolute atomic E-state index is 12.4. The van der Waals surface area contributed by atoms with Crippen LogP contribution in [0.5, 0.6) is 5.75 Å². The van der Waals surface area contributed by atoms with Crippen LogP contribution in [0.4, 0.5) is 5.69 Å². The lowest BCUT2D eigenvalue weighted by atomic mass is 10.1. The molecule has 0 aromatic heterocycles. The van der Waals surface area contributed by atoms with Gasteiger partial charge in [0.25, 0.3) is 17.7 Å². The lowest BCUT2D eigenvalue weighted by Crippen LogP contribution is -2.41. The van der Waals surface area contributed by atoms with E-state index in [1.807, 2.05) is 0 Å². The minimum atomic E-state index is -0.558. The van der Waals surface area contributed by atoms with Gasteiger partial charge in [0.1, 0.15) is 5.75 Å². The zero-order valence-corrected chi connectivity index (χ0v) is 17.8. The summed E-state index contributed by atoms with van der Waals surface area (Å²) in [6.45, 7) is 0. The van der Waals surface area contributed by atoms with E-state index in [9.17, 15) is 14.4 Å². The second kappa shape index (κ2) is 9.97. The number of hydrogen-bond acceptors (Lipinski definition) is 4. The Kier molecular flexibility index (Phi) is 7.12. The molecular weight excluding hydrogens is 441 g/mol. The van der Waals surface area contributed by atoms with Crippen LogP contribution in [0.2, 0.25) is 10.0 Å². The van der Waals surface area contributed by atoms with Crippen LogP contribution in [0.25, 0.3) is 0 Å². The van der Waals surface area contributed by atoms with Crippen molar-refractivity contribution in [2.75, 3.05) is 12.4 Å². The Morgan fingerprint density at radius 2 is 1.42 bits per heavy atom. The quantitative estimate of drug-likeness (QED) is 0.496. The van der Waals surface area contributed by atoms with Crippen molar-refractivity contribution >= 4 is 46.6 Å². The first-order valence-electron chi connectivity index (χ1n) is 8.98. The van der Waals surface area contributed by atoms with Gasteiger partial charge in [-0.25, -0.2) is 0 Å². The molecule has 0 atom stereocenters. The SMILES string of the molecule is COc1cccc(C(=O)NNC(=O)c2cccc(NC(=O)c3ccc(Cl)cc3Cl)c2)c1. The maximum Gasteiger partial charge on any atom is 0.269 e. The Bertz CT molecular complexity index is 1150. The second-order valence-corrected chi connectivity index (χ2v) is 7.14. The van der Waals surface area contributed by atoms with Crippen LogP contribution in [0.3, 0.4) is 0 Å². The molecule has 3 N–H and O–H groups in total. The number of benzene rings is 3. The van der Waals surface area contributed by atoms with Gasteiger partial charge in [0.15, 0.2) is 0 Å². The third-order valence-corrected chi connectivity index (χ3v) is 4.73. The molecule has 0 saturated carbocycles. The molecule has 3 aromatic rings. The van der Waals surface area contributed by atoms with Crippen LogP contribution >= 0.6 is 23.2 Å². The number of amides is 3. The van der Waals surface area contributed by atoms with Crippen LogP contribution in [-0.4, -0.2) is 24.8 Å². The normalized spacial score (nSPS) is 10.2. The summed E-state index contributed by atoms with van der Waals surface area (Å²) < 4.78 is 5.07. The first kappa shape index (κ1) is 22.1. The Morgan fingerprint density at radius 1 is 0.774 bits per heavy atom. The second-order valence-electron chi connectivity index (χ2n) is 6.30. The average molecular weight is 458 g/mol. The highest BCUT2D eigenvalue weighted by molar-refractivity contribution is 6.37. The number of anilines is 1. The van der Waals surface area contributed by atoms with Crippen molar-refractivity contribution in [3.63, 3.8) is 0 Å². The number of methoxy groups -OCH3 is 1. The molecule has 158 valence electrons. The zero-order valence-electron chi connectivity index (χ0n) is 16.2. The van der Waals surface area contributed by atoms with Crippen molar-refractivity contribution in [2.45, 2.75) is 0 Å². The standard InChI is InChI=1S/C22H17Cl2N3O4/c1-31-17-7-3-5-14(11-17)21(29)27-26-20(28)13-4-2-6-16(10-13)25-22(30)18-9-8-15(23)12-19(18)24/h2-12H,1H3,(H,25,30)(H,26,28)(H,27,29). The molecule has 0 radical (unpaired) electrons. The lowest BCUT2D eigenvalue weighted by Gasteiger charge is -2.10. The molecule has 3 amide bonds.